The number of hydrogen-bond donors (Lipinski definition) is 1. The average molecular weight is 299 g/mol. The van der Waals surface area contributed by atoms with Gasteiger partial charge in [-0.2, -0.15) is 10.1 Å². The highest BCUT2D eigenvalue weighted by Gasteiger charge is 2.25. The Kier molecular flexibility index (Phi) is 5.11. The fourth-order valence-corrected chi connectivity index (χ4v) is 2.24. The van der Waals surface area contributed by atoms with E-state index >= 15 is 0 Å². The first-order valence-corrected chi connectivity index (χ1v) is 6.54. The third kappa shape index (κ3) is 3.36. The summed E-state index contributed by atoms with van der Waals surface area (Å²) in [6, 6.07) is 2.11. The van der Waals surface area contributed by atoms with E-state index < -0.39 is 0 Å². The maximum atomic E-state index is 5.31. The predicted octanol–water partition coefficient (Wildman–Crippen LogP) is 0.507. The van der Waals surface area contributed by atoms with Crippen molar-refractivity contribution in [3.05, 3.63) is 30.2 Å². The van der Waals surface area contributed by atoms with Gasteiger partial charge in [0.1, 0.15) is 0 Å². The number of likely N-dealkylation sites (N-methyl/N-ethyl adjacent to an activating group) is 1. The van der Waals surface area contributed by atoms with Gasteiger partial charge in [-0.3, -0.25) is 9.58 Å². The van der Waals surface area contributed by atoms with Crippen LogP contribution in [0, 0.1) is 0 Å². The molecule has 7 nitrogen and oxygen atoms in total. The van der Waals surface area contributed by atoms with E-state index in [2.05, 4.69) is 32.5 Å². The van der Waals surface area contributed by atoms with Crippen LogP contribution in [-0.2, 0) is 13.0 Å². The van der Waals surface area contributed by atoms with Crippen LogP contribution >= 0.6 is 12.4 Å². The molecular weight excluding hydrogens is 280 g/mol. The zero-order chi connectivity index (χ0) is 13.1. The minimum atomic E-state index is 0. The van der Waals surface area contributed by atoms with Gasteiger partial charge in [0, 0.05) is 45.0 Å². The number of halogens is 1. The molecule has 1 N–H and O–H groups in total. The molecule has 0 spiro atoms. The first-order valence-electron chi connectivity index (χ1n) is 6.54. The van der Waals surface area contributed by atoms with Crippen molar-refractivity contribution in [3.63, 3.8) is 0 Å². The second-order valence-electron chi connectivity index (χ2n) is 4.77. The van der Waals surface area contributed by atoms with E-state index in [0.29, 0.717) is 12.3 Å². The van der Waals surface area contributed by atoms with Gasteiger partial charge < -0.3 is 9.84 Å². The molecule has 2 aromatic heterocycles. The number of aromatic nitrogens is 4. The van der Waals surface area contributed by atoms with Crippen LogP contribution in [0.4, 0.5) is 0 Å². The predicted molar refractivity (Wildman–Crippen MR) is 75.7 cm³/mol. The Morgan fingerprint density at radius 3 is 3.15 bits per heavy atom. The molecule has 8 heteroatoms. The van der Waals surface area contributed by atoms with Crippen LogP contribution < -0.4 is 5.32 Å². The van der Waals surface area contributed by atoms with Crippen molar-refractivity contribution in [3.8, 4) is 0 Å². The quantitative estimate of drug-likeness (QED) is 0.886. The van der Waals surface area contributed by atoms with Crippen LogP contribution in [0.25, 0.3) is 0 Å². The van der Waals surface area contributed by atoms with Gasteiger partial charge >= 0.3 is 0 Å². The van der Waals surface area contributed by atoms with Crippen molar-refractivity contribution in [2.45, 2.75) is 19.0 Å². The topological polar surface area (TPSA) is 72.0 Å². The smallest absolute Gasteiger partial charge is 0.228 e. The maximum absolute atomic E-state index is 5.31. The zero-order valence-electron chi connectivity index (χ0n) is 11.4. The molecule has 1 saturated heterocycles. The third-order valence-electron chi connectivity index (χ3n) is 3.41. The first kappa shape index (κ1) is 15.0. The number of rotatable bonds is 4. The van der Waals surface area contributed by atoms with Gasteiger partial charge in [0.25, 0.3) is 0 Å². The molecule has 1 unspecified atom stereocenters. The van der Waals surface area contributed by atoms with E-state index in [9.17, 15) is 0 Å². The minimum absolute atomic E-state index is 0. The van der Waals surface area contributed by atoms with E-state index in [4.69, 9.17) is 4.52 Å². The van der Waals surface area contributed by atoms with Crippen molar-refractivity contribution in [1.29, 1.82) is 0 Å². The summed E-state index contributed by atoms with van der Waals surface area (Å²) in [6.07, 6.45) is 4.40. The molecule has 0 saturated carbocycles. The molecular formula is C12H19ClN6O. The summed E-state index contributed by atoms with van der Waals surface area (Å²) in [5.74, 6) is 1.44. The van der Waals surface area contributed by atoms with Gasteiger partial charge in [0.2, 0.25) is 5.89 Å². The van der Waals surface area contributed by atoms with E-state index in [1.807, 2.05) is 16.9 Å². The van der Waals surface area contributed by atoms with Crippen LogP contribution in [0.3, 0.4) is 0 Å². The number of nitrogens with one attached hydrogen (secondary N) is 1. The molecule has 2 aromatic rings. The van der Waals surface area contributed by atoms with Crippen molar-refractivity contribution >= 4 is 12.4 Å². The second-order valence-corrected chi connectivity index (χ2v) is 4.77. The summed E-state index contributed by atoms with van der Waals surface area (Å²) in [4.78, 5) is 6.73. The summed E-state index contributed by atoms with van der Waals surface area (Å²) < 4.78 is 7.17. The van der Waals surface area contributed by atoms with Crippen LogP contribution in [0.2, 0.25) is 0 Å². The molecule has 1 aliphatic rings. The summed E-state index contributed by atoms with van der Waals surface area (Å²) in [6.45, 7) is 3.64. The summed E-state index contributed by atoms with van der Waals surface area (Å²) >= 11 is 0. The molecule has 20 heavy (non-hydrogen) atoms. The van der Waals surface area contributed by atoms with E-state index in [1.54, 1.807) is 6.20 Å². The van der Waals surface area contributed by atoms with Crippen LogP contribution in [0.1, 0.15) is 17.8 Å². The lowest BCUT2D eigenvalue weighted by atomic mass is 10.2. The molecule has 0 aromatic carbocycles. The van der Waals surface area contributed by atoms with E-state index in [1.165, 1.54) is 0 Å². The molecule has 1 atom stereocenters. The molecule has 0 bridgehead atoms. The first-order chi connectivity index (χ1) is 9.33. The van der Waals surface area contributed by atoms with Gasteiger partial charge in [-0.25, -0.2) is 0 Å². The zero-order valence-corrected chi connectivity index (χ0v) is 12.2. The Balaban J connectivity index is 0.00000147. The molecule has 110 valence electrons. The highest BCUT2D eigenvalue weighted by molar-refractivity contribution is 5.85. The summed E-state index contributed by atoms with van der Waals surface area (Å²) in [7, 11) is 2.09. The van der Waals surface area contributed by atoms with Crippen LogP contribution in [0.5, 0.6) is 0 Å². The highest BCUT2D eigenvalue weighted by atomic mass is 35.5. The fraction of sp³-hybridized carbons (Fsp3) is 0.583. The van der Waals surface area contributed by atoms with Gasteiger partial charge in [-0.1, -0.05) is 5.16 Å². The highest BCUT2D eigenvalue weighted by Crippen LogP contribution is 2.17. The number of hydrogen-bond acceptors (Lipinski definition) is 6. The van der Waals surface area contributed by atoms with Gasteiger partial charge in [0.15, 0.2) is 5.82 Å². The second kappa shape index (κ2) is 6.83. The molecule has 1 aliphatic heterocycles. The Morgan fingerprint density at radius 1 is 1.50 bits per heavy atom. The minimum Gasteiger partial charge on any atom is -0.339 e. The lowest BCUT2D eigenvalue weighted by Crippen LogP contribution is -2.44. The lowest BCUT2D eigenvalue weighted by Gasteiger charge is -2.30. The maximum Gasteiger partial charge on any atom is 0.228 e. The van der Waals surface area contributed by atoms with Crippen LogP contribution in [-0.4, -0.2) is 51.5 Å². The molecule has 1 fully saturated rings. The van der Waals surface area contributed by atoms with Crippen molar-refractivity contribution < 1.29 is 4.52 Å². The van der Waals surface area contributed by atoms with Crippen LogP contribution in [0.15, 0.2) is 23.0 Å². The standard InChI is InChI=1S/C12H18N6O.ClH/c1-17-8-5-13-9-10(17)12-15-11(19-16-12)3-7-18-6-2-4-14-18;/h2,4,6,10,13H,3,5,7-9H2,1H3;1H. The molecule has 0 amide bonds. The van der Waals surface area contributed by atoms with Crippen molar-refractivity contribution in [2.75, 3.05) is 26.7 Å². The SMILES string of the molecule is CN1CCNCC1c1noc(CCn2cccn2)n1.Cl. The molecule has 3 heterocycles. The van der Waals surface area contributed by atoms with Gasteiger partial charge in [-0.05, 0) is 13.1 Å². The average Bonchev–Trinajstić information content (AvgIpc) is 3.08. The normalized spacial score (nSPS) is 19.8. The largest absolute Gasteiger partial charge is 0.339 e. The Bertz CT molecular complexity index is 514. The monoisotopic (exact) mass is 298 g/mol. The van der Waals surface area contributed by atoms with Crippen molar-refractivity contribution in [1.82, 2.24) is 30.1 Å². The summed E-state index contributed by atoms with van der Waals surface area (Å²) in [5, 5.41) is 11.6. The van der Waals surface area contributed by atoms with Gasteiger partial charge in [-0.15, -0.1) is 12.4 Å². The number of nitrogens with zero attached hydrogens (tertiary/aromatic N) is 5. The number of piperazine rings is 1. The Hall–Kier alpha value is -1.44. The fourth-order valence-electron chi connectivity index (χ4n) is 2.24. The van der Waals surface area contributed by atoms with E-state index in [-0.39, 0.29) is 18.4 Å². The van der Waals surface area contributed by atoms with Gasteiger partial charge in [0.05, 0.1) is 6.04 Å². The molecule has 3 rings (SSSR count). The Labute approximate surface area is 123 Å². The lowest BCUT2D eigenvalue weighted by molar-refractivity contribution is 0.190. The summed E-state index contributed by atoms with van der Waals surface area (Å²) in [5.41, 5.74) is 0. The van der Waals surface area contributed by atoms with E-state index in [0.717, 1.165) is 32.0 Å². The Morgan fingerprint density at radius 2 is 2.40 bits per heavy atom. The van der Waals surface area contributed by atoms with Crippen molar-refractivity contribution in [2.24, 2.45) is 0 Å². The number of aryl methyl sites for hydroxylation is 2. The molecule has 0 radical (unpaired) electrons. The molecule has 0 aliphatic carbocycles. The third-order valence-corrected chi connectivity index (χ3v) is 3.41.